The third-order valence-electron chi connectivity index (χ3n) is 2.09. The zero-order valence-corrected chi connectivity index (χ0v) is 10.6. The summed E-state index contributed by atoms with van der Waals surface area (Å²) in [5.74, 6) is -0.685. The third kappa shape index (κ3) is 4.36. The monoisotopic (exact) mass is 238 g/mol. The molecule has 0 bridgehead atoms. The summed E-state index contributed by atoms with van der Waals surface area (Å²) >= 11 is 0. The second kappa shape index (κ2) is 5.58. The standard InChI is InChI=1S/C11H18N4O2/c1-7-5-9(10(16)17)14-11(12-7)13-8(2)6-15(3)4/h5,8H,6H2,1-4H3,(H,16,17)(H,12,13,14). The fourth-order valence-electron chi connectivity index (χ4n) is 1.56. The van der Waals surface area contributed by atoms with Gasteiger partial charge in [-0.3, -0.25) is 0 Å². The molecule has 1 aromatic heterocycles. The Bertz CT molecular complexity index is 406. The first kappa shape index (κ1) is 13.4. The molecule has 0 aromatic carbocycles. The highest BCUT2D eigenvalue weighted by Crippen LogP contribution is 2.06. The van der Waals surface area contributed by atoms with Crippen molar-refractivity contribution in [3.05, 3.63) is 17.5 Å². The van der Waals surface area contributed by atoms with Gasteiger partial charge in [-0.2, -0.15) is 0 Å². The predicted octanol–water partition coefficient (Wildman–Crippen LogP) is 0.845. The minimum absolute atomic E-state index is 0.0112. The van der Waals surface area contributed by atoms with E-state index >= 15 is 0 Å². The van der Waals surface area contributed by atoms with Gasteiger partial charge in [-0.25, -0.2) is 14.8 Å². The SMILES string of the molecule is Cc1cc(C(=O)O)nc(NC(C)CN(C)C)n1. The van der Waals surface area contributed by atoms with E-state index in [1.807, 2.05) is 25.9 Å². The largest absolute Gasteiger partial charge is 0.477 e. The minimum Gasteiger partial charge on any atom is -0.477 e. The van der Waals surface area contributed by atoms with Crippen molar-refractivity contribution in [3.8, 4) is 0 Å². The Morgan fingerprint density at radius 1 is 1.53 bits per heavy atom. The molecule has 1 unspecified atom stereocenters. The number of carboxylic acids is 1. The smallest absolute Gasteiger partial charge is 0.354 e. The van der Waals surface area contributed by atoms with E-state index in [0.717, 1.165) is 6.54 Å². The van der Waals surface area contributed by atoms with Crippen LogP contribution in [0.1, 0.15) is 23.1 Å². The number of anilines is 1. The Balaban J connectivity index is 2.80. The molecular formula is C11H18N4O2. The average Bonchev–Trinajstić information content (AvgIpc) is 2.14. The first-order chi connectivity index (χ1) is 7.88. The molecule has 1 aromatic rings. The van der Waals surface area contributed by atoms with Gasteiger partial charge in [0, 0.05) is 18.3 Å². The van der Waals surface area contributed by atoms with E-state index in [1.165, 1.54) is 6.07 Å². The molecule has 94 valence electrons. The van der Waals surface area contributed by atoms with E-state index in [-0.39, 0.29) is 11.7 Å². The molecule has 2 N–H and O–H groups in total. The summed E-state index contributed by atoms with van der Waals surface area (Å²) in [5, 5.41) is 12.0. The molecule has 6 nitrogen and oxygen atoms in total. The van der Waals surface area contributed by atoms with Crippen LogP contribution in [0.25, 0.3) is 0 Å². The van der Waals surface area contributed by atoms with Gasteiger partial charge in [-0.15, -0.1) is 0 Å². The lowest BCUT2D eigenvalue weighted by Crippen LogP contribution is -2.30. The number of hydrogen-bond donors (Lipinski definition) is 2. The number of carbonyl (C=O) groups is 1. The van der Waals surface area contributed by atoms with Crippen molar-refractivity contribution in [1.29, 1.82) is 0 Å². The highest BCUT2D eigenvalue weighted by Gasteiger charge is 2.10. The zero-order chi connectivity index (χ0) is 13.0. The van der Waals surface area contributed by atoms with Crippen LogP contribution in [0.3, 0.4) is 0 Å². The van der Waals surface area contributed by atoms with E-state index in [0.29, 0.717) is 11.6 Å². The molecule has 0 fully saturated rings. The Labute approximate surface area is 101 Å². The number of nitrogens with one attached hydrogen (secondary N) is 1. The summed E-state index contributed by atoms with van der Waals surface area (Å²) in [6.45, 7) is 4.56. The maximum Gasteiger partial charge on any atom is 0.354 e. The van der Waals surface area contributed by atoms with Crippen LogP contribution in [0, 0.1) is 6.92 Å². The molecule has 6 heteroatoms. The number of likely N-dealkylation sites (N-methyl/N-ethyl adjacent to an activating group) is 1. The molecule has 1 atom stereocenters. The predicted molar refractivity (Wildman–Crippen MR) is 65.4 cm³/mol. The van der Waals surface area contributed by atoms with Crippen LogP contribution in [0.4, 0.5) is 5.95 Å². The Morgan fingerprint density at radius 3 is 2.71 bits per heavy atom. The molecule has 1 rings (SSSR count). The van der Waals surface area contributed by atoms with Crippen molar-refractivity contribution in [1.82, 2.24) is 14.9 Å². The normalized spacial score (nSPS) is 12.5. The van der Waals surface area contributed by atoms with Crippen LogP contribution in [0.2, 0.25) is 0 Å². The Kier molecular flexibility index (Phi) is 4.39. The van der Waals surface area contributed by atoms with Crippen LogP contribution in [-0.4, -0.2) is 52.6 Å². The molecule has 0 aliphatic heterocycles. The summed E-state index contributed by atoms with van der Waals surface area (Å²) in [5.41, 5.74) is 0.647. The first-order valence-corrected chi connectivity index (χ1v) is 5.38. The molecule has 17 heavy (non-hydrogen) atoms. The van der Waals surface area contributed by atoms with Gasteiger partial charge in [0.15, 0.2) is 5.69 Å². The van der Waals surface area contributed by atoms with Crippen molar-refractivity contribution >= 4 is 11.9 Å². The molecule has 0 spiro atoms. The number of carboxylic acid groups (broad SMARTS) is 1. The quantitative estimate of drug-likeness (QED) is 0.791. The second-order valence-corrected chi connectivity index (χ2v) is 4.33. The third-order valence-corrected chi connectivity index (χ3v) is 2.09. The lowest BCUT2D eigenvalue weighted by Gasteiger charge is -2.18. The number of aromatic carboxylic acids is 1. The second-order valence-electron chi connectivity index (χ2n) is 4.33. The first-order valence-electron chi connectivity index (χ1n) is 5.38. The van der Waals surface area contributed by atoms with Gasteiger partial charge in [0.05, 0.1) is 0 Å². The minimum atomic E-state index is -1.04. The summed E-state index contributed by atoms with van der Waals surface area (Å²) in [6.07, 6.45) is 0. The van der Waals surface area contributed by atoms with Crippen LogP contribution >= 0.6 is 0 Å². The summed E-state index contributed by atoms with van der Waals surface area (Å²) in [6, 6.07) is 1.60. The van der Waals surface area contributed by atoms with Crippen molar-refractivity contribution in [3.63, 3.8) is 0 Å². The lowest BCUT2D eigenvalue weighted by molar-refractivity contribution is 0.0690. The van der Waals surface area contributed by atoms with Crippen LogP contribution in [0.5, 0.6) is 0 Å². The van der Waals surface area contributed by atoms with E-state index in [4.69, 9.17) is 5.11 Å². The molecular weight excluding hydrogens is 220 g/mol. The number of aromatic nitrogens is 2. The number of nitrogens with zero attached hydrogens (tertiary/aromatic N) is 3. The van der Waals surface area contributed by atoms with E-state index in [1.54, 1.807) is 6.92 Å². The number of aryl methyl sites for hydroxylation is 1. The average molecular weight is 238 g/mol. The summed E-state index contributed by atoms with van der Waals surface area (Å²) < 4.78 is 0. The van der Waals surface area contributed by atoms with Crippen LogP contribution in [-0.2, 0) is 0 Å². The lowest BCUT2D eigenvalue weighted by atomic mass is 10.3. The van der Waals surface area contributed by atoms with Gasteiger partial charge in [0.2, 0.25) is 5.95 Å². The Hall–Kier alpha value is -1.69. The molecule has 0 saturated carbocycles. The van der Waals surface area contributed by atoms with Crippen molar-refractivity contribution < 1.29 is 9.90 Å². The van der Waals surface area contributed by atoms with Gasteiger partial charge in [-0.1, -0.05) is 0 Å². The van der Waals surface area contributed by atoms with Crippen molar-refractivity contribution in [2.75, 3.05) is 26.0 Å². The van der Waals surface area contributed by atoms with Crippen molar-refractivity contribution in [2.45, 2.75) is 19.9 Å². The molecule has 1 heterocycles. The van der Waals surface area contributed by atoms with Crippen LogP contribution < -0.4 is 5.32 Å². The summed E-state index contributed by atoms with van der Waals surface area (Å²) in [4.78, 5) is 21.0. The molecule has 0 saturated heterocycles. The fourth-order valence-corrected chi connectivity index (χ4v) is 1.56. The molecule has 0 aliphatic carbocycles. The Morgan fingerprint density at radius 2 is 2.18 bits per heavy atom. The van der Waals surface area contributed by atoms with Gasteiger partial charge in [-0.05, 0) is 34.0 Å². The van der Waals surface area contributed by atoms with Gasteiger partial charge < -0.3 is 15.3 Å². The van der Waals surface area contributed by atoms with Gasteiger partial charge in [0.1, 0.15) is 0 Å². The molecule has 0 aliphatic rings. The highest BCUT2D eigenvalue weighted by molar-refractivity contribution is 5.85. The van der Waals surface area contributed by atoms with Crippen molar-refractivity contribution in [2.24, 2.45) is 0 Å². The fraction of sp³-hybridized carbons (Fsp3) is 0.545. The maximum absolute atomic E-state index is 10.8. The number of rotatable bonds is 5. The van der Waals surface area contributed by atoms with E-state index in [2.05, 4.69) is 15.3 Å². The van der Waals surface area contributed by atoms with Gasteiger partial charge in [0.25, 0.3) is 0 Å². The van der Waals surface area contributed by atoms with Crippen LogP contribution in [0.15, 0.2) is 6.07 Å². The van der Waals surface area contributed by atoms with Gasteiger partial charge >= 0.3 is 5.97 Å². The topological polar surface area (TPSA) is 78.3 Å². The zero-order valence-electron chi connectivity index (χ0n) is 10.6. The summed E-state index contributed by atoms with van der Waals surface area (Å²) in [7, 11) is 3.94. The van der Waals surface area contributed by atoms with E-state index < -0.39 is 5.97 Å². The molecule has 0 amide bonds. The maximum atomic E-state index is 10.8. The number of hydrogen-bond acceptors (Lipinski definition) is 5. The molecule has 0 radical (unpaired) electrons. The highest BCUT2D eigenvalue weighted by atomic mass is 16.4. The van der Waals surface area contributed by atoms with E-state index in [9.17, 15) is 4.79 Å².